The third-order valence-corrected chi connectivity index (χ3v) is 6.30. The summed E-state index contributed by atoms with van der Waals surface area (Å²) >= 11 is 0. The fraction of sp³-hybridized carbons (Fsp3) is 0.938. The predicted molar refractivity (Wildman–Crippen MR) is 76.8 cm³/mol. The summed E-state index contributed by atoms with van der Waals surface area (Å²) in [6.45, 7) is 8.23. The maximum Gasteiger partial charge on any atom is 0.222 e. The van der Waals surface area contributed by atoms with E-state index < -0.39 is 0 Å². The Morgan fingerprint density at radius 1 is 1.26 bits per heavy atom. The molecule has 3 nitrogen and oxygen atoms in total. The molecule has 19 heavy (non-hydrogen) atoms. The van der Waals surface area contributed by atoms with Gasteiger partial charge in [0.1, 0.15) is 0 Å². The molecule has 2 bridgehead atoms. The molecule has 3 aliphatic rings. The highest BCUT2D eigenvalue weighted by Crippen LogP contribution is 2.62. The highest BCUT2D eigenvalue weighted by molar-refractivity contribution is 5.76. The van der Waals surface area contributed by atoms with E-state index in [9.17, 15) is 4.79 Å². The summed E-state index contributed by atoms with van der Waals surface area (Å²) in [5, 5.41) is 3.94. The van der Waals surface area contributed by atoms with E-state index in [4.69, 9.17) is 0 Å². The van der Waals surface area contributed by atoms with Crippen LogP contribution in [0.1, 0.15) is 52.9 Å². The van der Waals surface area contributed by atoms with Gasteiger partial charge in [0.25, 0.3) is 0 Å². The first-order valence-electron chi connectivity index (χ1n) is 7.83. The van der Waals surface area contributed by atoms with Crippen molar-refractivity contribution in [2.75, 3.05) is 13.6 Å². The molecule has 0 aromatic rings. The molecule has 3 rings (SSSR count). The molecule has 1 saturated heterocycles. The Balaban J connectivity index is 1.71. The highest BCUT2D eigenvalue weighted by Gasteiger charge is 2.59. The molecule has 1 N–H and O–H groups in total. The lowest BCUT2D eigenvalue weighted by Crippen LogP contribution is -2.57. The van der Waals surface area contributed by atoms with Crippen molar-refractivity contribution in [3.63, 3.8) is 0 Å². The van der Waals surface area contributed by atoms with Crippen molar-refractivity contribution < 1.29 is 4.79 Å². The maximum atomic E-state index is 11.6. The lowest BCUT2D eigenvalue weighted by Gasteiger charge is -2.46. The van der Waals surface area contributed by atoms with Gasteiger partial charge >= 0.3 is 0 Å². The Morgan fingerprint density at radius 3 is 2.58 bits per heavy atom. The van der Waals surface area contributed by atoms with Crippen molar-refractivity contribution in [2.24, 2.45) is 16.7 Å². The van der Waals surface area contributed by atoms with Crippen LogP contribution in [-0.2, 0) is 4.79 Å². The van der Waals surface area contributed by atoms with Crippen LogP contribution in [0, 0.1) is 16.7 Å². The molecule has 1 heterocycles. The number of likely N-dealkylation sites (tertiary alicyclic amines) is 1. The Bertz CT molecular complexity index is 387. The number of amides is 1. The number of nitrogens with one attached hydrogen (secondary N) is 1. The molecular weight excluding hydrogens is 236 g/mol. The second-order valence-corrected chi connectivity index (χ2v) is 8.02. The van der Waals surface area contributed by atoms with Crippen molar-refractivity contribution in [3.05, 3.63) is 0 Å². The SMILES string of the molecule is CN1CC(NC2C(C)(C)[C@H]3CC[C@]2(C)C3)CCC1=O. The molecule has 2 saturated carbocycles. The van der Waals surface area contributed by atoms with Crippen molar-refractivity contribution in [1.29, 1.82) is 0 Å². The largest absolute Gasteiger partial charge is 0.344 e. The van der Waals surface area contributed by atoms with Crippen LogP contribution in [0.4, 0.5) is 0 Å². The molecule has 0 aromatic heterocycles. The highest BCUT2D eigenvalue weighted by atomic mass is 16.2. The van der Waals surface area contributed by atoms with Crippen LogP contribution < -0.4 is 5.32 Å². The molecule has 3 fully saturated rings. The summed E-state index contributed by atoms with van der Waals surface area (Å²) < 4.78 is 0. The van der Waals surface area contributed by atoms with E-state index >= 15 is 0 Å². The van der Waals surface area contributed by atoms with Gasteiger partial charge in [0.2, 0.25) is 5.91 Å². The third-order valence-electron chi connectivity index (χ3n) is 6.30. The van der Waals surface area contributed by atoms with Crippen LogP contribution >= 0.6 is 0 Å². The summed E-state index contributed by atoms with van der Waals surface area (Å²) in [7, 11) is 1.93. The average Bonchev–Trinajstić information content (AvgIpc) is 2.80. The zero-order valence-electron chi connectivity index (χ0n) is 12.8. The Labute approximate surface area is 117 Å². The van der Waals surface area contributed by atoms with Crippen LogP contribution in [0.2, 0.25) is 0 Å². The van der Waals surface area contributed by atoms with Crippen LogP contribution in [0.25, 0.3) is 0 Å². The number of nitrogens with zero attached hydrogens (tertiary/aromatic N) is 1. The molecule has 2 aliphatic carbocycles. The minimum Gasteiger partial charge on any atom is -0.344 e. The van der Waals surface area contributed by atoms with E-state index in [1.54, 1.807) is 0 Å². The molecule has 108 valence electrons. The van der Waals surface area contributed by atoms with Gasteiger partial charge in [0, 0.05) is 32.1 Å². The van der Waals surface area contributed by atoms with E-state index in [1.807, 2.05) is 11.9 Å². The number of carbonyl (C=O) groups excluding carboxylic acids is 1. The second kappa shape index (κ2) is 4.21. The van der Waals surface area contributed by atoms with Gasteiger partial charge in [0.15, 0.2) is 0 Å². The van der Waals surface area contributed by atoms with E-state index in [2.05, 4.69) is 26.1 Å². The van der Waals surface area contributed by atoms with Gasteiger partial charge < -0.3 is 10.2 Å². The molecule has 1 amide bonds. The van der Waals surface area contributed by atoms with Crippen LogP contribution in [0.3, 0.4) is 0 Å². The number of hydrogen-bond acceptors (Lipinski definition) is 2. The second-order valence-electron chi connectivity index (χ2n) is 8.02. The van der Waals surface area contributed by atoms with Crippen LogP contribution in [0.5, 0.6) is 0 Å². The lowest BCUT2D eigenvalue weighted by molar-refractivity contribution is -0.132. The number of hydrogen-bond donors (Lipinski definition) is 1. The normalized spacial score (nSPS) is 44.9. The third kappa shape index (κ3) is 2.01. The van der Waals surface area contributed by atoms with Crippen molar-refractivity contribution in [3.8, 4) is 0 Å². The fourth-order valence-electron chi connectivity index (χ4n) is 5.10. The molecule has 4 atom stereocenters. The smallest absolute Gasteiger partial charge is 0.222 e. The van der Waals surface area contributed by atoms with E-state index in [1.165, 1.54) is 19.3 Å². The van der Waals surface area contributed by atoms with Crippen molar-refractivity contribution in [1.82, 2.24) is 10.2 Å². The minimum atomic E-state index is 0.302. The van der Waals surface area contributed by atoms with Gasteiger partial charge in [-0.15, -0.1) is 0 Å². The lowest BCUT2D eigenvalue weighted by atomic mass is 9.68. The topological polar surface area (TPSA) is 32.3 Å². The Hall–Kier alpha value is -0.570. The Kier molecular flexibility index (Phi) is 2.97. The summed E-state index contributed by atoms with van der Waals surface area (Å²) in [4.78, 5) is 13.5. The average molecular weight is 264 g/mol. The fourth-order valence-corrected chi connectivity index (χ4v) is 5.10. The molecule has 0 radical (unpaired) electrons. The Morgan fingerprint density at radius 2 is 2.00 bits per heavy atom. The molecule has 0 spiro atoms. The zero-order chi connectivity index (χ0) is 13.8. The monoisotopic (exact) mass is 264 g/mol. The van der Waals surface area contributed by atoms with E-state index in [-0.39, 0.29) is 0 Å². The quantitative estimate of drug-likeness (QED) is 0.830. The van der Waals surface area contributed by atoms with Gasteiger partial charge in [-0.2, -0.15) is 0 Å². The summed E-state index contributed by atoms with van der Waals surface area (Å²) in [6, 6.07) is 1.11. The number of fused-ring (bicyclic) bond motifs is 2. The molecular formula is C16H28N2O. The standard InChI is InChI=1S/C16H28N2O/c1-15(2)11-7-8-16(3,9-11)14(15)17-12-5-6-13(19)18(4)10-12/h11-12,14,17H,5-10H2,1-4H3/t11-,12?,14?,16+/m0/s1. The molecule has 1 aliphatic heterocycles. The van der Waals surface area contributed by atoms with Crippen LogP contribution in [-0.4, -0.2) is 36.5 Å². The predicted octanol–water partition coefficient (Wildman–Crippen LogP) is 2.41. The number of rotatable bonds is 2. The van der Waals surface area contributed by atoms with Crippen molar-refractivity contribution in [2.45, 2.75) is 65.0 Å². The first-order valence-corrected chi connectivity index (χ1v) is 7.83. The number of likely N-dealkylation sites (N-methyl/N-ethyl adjacent to an activating group) is 1. The first kappa shape index (κ1) is 13.4. The number of piperidine rings is 1. The van der Waals surface area contributed by atoms with Gasteiger partial charge in [0.05, 0.1) is 0 Å². The zero-order valence-corrected chi connectivity index (χ0v) is 12.8. The van der Waals surface area contributed by atoms with Crippen molar-refractivity contribution >= 4 is 5.91 Å². The maximum absolute atomic E-state index is 11.6. The van der Waals surface area contributed by atoms with Gasteiger partial charge in [-0.25, -0.2) is 0 Å². The molecule has 0 aromatic carbocycles. The van der Waals surface area contributed by atoms with E-state index in [0.29, 0.717) is 35.2 Å². The summed E-state index contributed by atoms with van der Waals surface area (Å²) in [6.07, 6.45) is 5.89. The summed E-state index contributed by atoms with van der Waals surface area (Å²) in [5.41, 5.74) is 0.890. The minimum absolute atomic E-state index is 0.302. The first-order chi connectivity index (χ1) is 8.83. The summed E-state index contributed by atoms with van der Waals surface area (Å²) in [5.74, 6) is 1.19. The number of carbonyl (C=O) groups is 1. The van der Waals surface area contributed by atoms with Gasteiger partial charge in [-0.3, -0.25) is 4.79 Å². The molecule has 2 unspecified atom stereocenters. The van der Waals surface area contributed by atoms with Gasteiger partial charge in [-0.1, -0.05) is 20.8 Å². The van der Waals surface area contributed by atoms with Gasteiger partial charge in [-0.05, 0) is 42.4 Å². The molecule has 3 heteroatoms. The van der Waals surface area contributed by atoms with E-state index in [0.717, 1.165) is 18.9 Å². The van der Waals surface area contributed by atoms with Crippen LogP contribution in [0.15, 0.2) is 0 Å².